The van der Waals surface area contributed by atoms with Gasteiger partial charge in [0, 0.05) is 92.1 Å². The number of imide groups is 2. The smallest absolute Gasteiger partial charge is 0.262 e. The van der Waals surface area contributed by atoms with Crippen LogP contribution in [0.4, 0.5) is 11.4 Å². The first kappa shape index (κ1) is 40.3. The summed E-state index contributed by atoms with van der Waals surface area (Å²) in [6.07, 6.45) is 2.20. The third-order valence-electron chi connectivity index (χ3n) is 13.2. The molecule has 59 heavy (non-hydrogen) atoms. The first-order chi connectivity index (χ1) is 28.1. The summed E-state index contributed by atoms with van der Waals surface area (Å²) in [6.45, 7) is 14.7. The molecule has 0 bridgehead atoms. The Hall–Kier alpha value is -5.45. The van der Waals surface area contributed by atoms with Gasteiger partial charge in [0.25, 0.3) is 17.7 Å². The highest BCUT2D eigenvalue weighted by Gasteiger charge is 2.64. The summed E-state index contributed by atoms with van der Waals surface area (Å²) in [4.78, 5) is 72.2. The van der Waals surface area contributed by atoms with Crippen molar-refractivity contribution in [3.05, 3.63) is 87.9 Å². The van der Waals surface area contributed by atoms with Crippen LogP contribution in [0, 0.1) is 28.1 Å². The maximum absolute atomic E-state index is 13.5. The molecule has 3 saturated heterocycles. The van der Waals surface area contributed by atoms with E-state index in [0.717, 1.165) is 74.9 Å². The number of benzene rings is 3. The third-order valence-corrected chi connectivity index (χ3v) is 13.5. The number of nitriles is 1. The number of piperazine rings is 1. The van der Waals surface area contributed by atoms with E-state index >= 15 is 0 Å². The van der Waals surface area contributed by atoms with Crippen LogP contribution in [0.15, 0.2) is 60.7 Å². The predicted molar refractivity (Wildman–Crippen MR) is 223 cm³/mol. The number of fused-ring (bicyclic) bond motifs is 1. The SMILES string of the molecule is CC1(C)C(NC(=O)c2ccc(N3CCC(CN4CCN(c5ccc6c(c5)C(=O)N(C5CCC(=O)NC5=O)C6=O)CC4)CC3)cc2)C(C)(C)C1Oc1ccc(C#N)c(Cl)c1. The summed E-state index contributed by atoms with van der Waals surface area (Å²) in [5.41, 5.74) is 2.91. The lowest BCUT2D eigenvalue weighted by Crippen LogP contribution is -2.74. The molecule has 1 atom stereocenters. The first-order valence-electron chi connectivity index (χ1n) is 20.5. The molecule has 0 spiro atoms. The van der Waals surface area contributed by atoms with Crippen LogP contribution in [0.5, 0.6) is 5.75 Å². The second kappa shape index (κ2) is 15.6. The summed E-state index contributed by atoms with van der Waals surface area (Å²) in [5.74, 6) is -0.911. The third kappa shape index (κ3) is 7.53. The predicted octanol–water partition coefficient (Wildman–Crippen LogP) is 5.26. The average molecular weight is 820 g/mol. The molecule has 1 aliphatic carbocycles. The summed E-state index contributed by atoms with van der Waals surface area (Å²) >= 11 is 6.25. The Balaban J connectivity index is 0.789. The topological polar surface area (TPSA) is 155 Å². The normalized spacial score (nSPS) is 24.3. The van der Waals surface area contributed by atoms with Crippen molar-refractivity contribution in [2.75, 3.05) is 55.6 Å². The number of rotatable bonds is 9. The number of amides is 5. The van der Waals surface area contributed by atoms with Crippen molar-refractivity contribution in [3.8, 4) is 11.8 Å². The van der Waals surface area contributed by atoms with E-state index in [2.05, 4.69) is 59.1 Å². The van der Waals surface area contributed by atoms with Gasteiger partial charge in [0.05, 0.1) is 21.7 Å². The molecule has 13 nitrogen and oxygen atoms in total. The fourth-order valence-electron chi connectivity index (χ4n) is 10.2. The van der Waals surface area contributed by atoms with Crippen molar-refractivity contribution >= 4 is 52.5 Å². The van der Waals surface area contributed by atoms with Gasteiger partial charge in [-0.15, -0.1) is 0 Å². The molecule has 0 aromatic heterocycles. The Labute approximate surface area is 349 Å². The van der Waals surface area contributed by atoms with Crippen molar-refractivity contribution in [1.82, 2.24) is 20.4 Å². The zero-order valence-electron chi connectivity index (χ0n) is 33.9. The first-order valence-corrected chi connectivity index (χ1v) is 20.9. The number of hydrogen-bond donors (Lipinski definition) is 2. The molecule has 1 saturated carbocycles. The van der Waals surface area contributed by atoms with E-state index in [4.69, 9.17) is 16.3 Å². The van der Waals surface area contributed by atoms with E-state index in [1.54, 1.807) is 30.3 Å². The number of hydrogen-bond acceptors (Lipinski definition) is 10. The van der Waals surface area contributed by atoms with Crippen LogP contribution in [0.3, 0.4) is 0 Å². The van der Waals surface area contributed by atoms with Gasteiger partial charge >= 0.3 is 0 Å². The number of nitrogens with one attached hydrogen (secondary N) is 2. The Kier molecular flexibility index (Phi) is 10.7. The van der Waals surface area contributed by atoms with Crippen LogP contribution in [0.25, 0.3) is 0 Å². The number of halogens is 1. The van der Waals surface area contributed by atoms with Crippen molar-refractivity contribution in [2.24, 2.45) is 16.7 Å². The number of nitrogens with zero attached hydrogens (tertiary/aromatic N) is 5. The van der Waals surface area contributed by atoms with Gasteiger partial charge in [0.2, 0.25) is 11.8 Å². The lowest BCUT2D eigenvalue weighted by molar-refractivity contribution is -0.164. The Morgan fingerprint density at radius 1 is 0.831 bits per heavy atom. The van der Waals surface area contributed by atoms with Gasteiger partial charge < -0.3 is 19.9 Å². The average Bonchev–Trinajstić information content (AvgIpc) is 3.47. The number of carbonyl (C=O) groups excluding carboxylic acids is 5. The minimum Gasteiger partial charge on any atom is -0.489 e. The van der Waals surface area contributed by atoms with Gasteiger partial charge in [0.15, 0.2) is 0 Å². The highest BCUT2D eigenvalue weighted by atomic mass is 35.5. The van der Waals surface area contributed by atoms with Gasteiger partial charge in [-0.1, -0.05) is 39.3 Å². The molecule has 5 aliphatic rings. The molecule has 14 heteroatoms. The molecule has 2 N–H and O–H groups in total. The van der Waals surface area contributed by atoms with Crippen LogP contribution in [-0.2, 0) is 9.59 Å². The van der Waals surface area contributed by atoms with Crippen molar-refractivity contribution in [2.45, 2.75) is 71.6 Å². The molecule has 4 aliphatic heterocycles. The summed E-state index contributed by atoms with van der Waals surface area (Å²) in [5, 5.41) is 15.1. The fourth-order valence-corrected chi connectivity index (χ4v) is 10.4. The maximum Gasteiger partial charge on any atom is 0.262 e. The van der Waals surface area contributed by atoms with Crippen LogP contribution >= 0.6 is 11.6 Å². The van der Waals surface area contributed by atoms with Gasteiger partial charge in [-0.2, -0.15) is 5.26 Å². The molecular weight excluding hydrogens is 770 g/mol. The zero-order valence-corrected chi connectivity index (χ0v) is 34.7. The molecule has 4 heterocycles. The molecule has 8 rings (SSSR count). The van der Waals surface area contributed by atoms with E-state index in [1.807, 2.05) is 30.3 Å². The summed E-state index contributed by atoms with van der Waals surface area (Å²) < 4.78 is 6.38. The van der Waals surface area contributed by atoms with Gasteiger partial charge in [-0.25, -0.2) is 0 Å². The molecule has 3 aromatic carbocycles. The van der Waals surface area contributed by atoms with Crippen molar-refractivity contribution < 1.29 is 28.7 Å². The minimum absolute atomic E-state index is 0.0902. The van der Waals surface area contributed by atoms with Crippen LogP contribution in [0.2, 0.25) is 5.02 Å². The van der Waals surface area contributed by atoms with Crippen LogP contribution in [-0.4, -0.2) is 103 Å². The van der Waals surface area contributed by atoms with Crippen molar-refractivity contribution in [1.29, 1.82) is 5.26 Å². The summed E-state index contributed by atoms with van der Waals surface area (Å²) in [6, 6.07) is 19.3. The molecule has 0 radical (unpaired) electrons. The molecule has 308 valence electrons. The van der Waals surface area contributed by atoms with Crippen LogP contribution in [0.1, 0.15) is 90.0 Å². The fraction of sp³-hybridized carbons (Fsp3) is 0.467. The zero-order chi connectivity index (χ0) is 41.8. The maximum atomic E-state index is 13.5. The number of piperidine rings is 2. The highest BCUT2D eigenvalue weighted by molar-refractivity contribution is 6.31. The lowest BCUT2D eigenvalue weighted by Gasteiger charge is -2.63. The van der Waals surface area contributed by atoms with Gasteiger partial charge in [-0.05, 0) is 79.8 Å². The highest BCUT2D eigenvalue weighted by Crippen LogP contribution is 2.55. The molecule has 3 aromatic rings. The van der Waals surface area contributed by atoms with E-state index < -0.39 is 29.7 Å². The Bertz CT molecular complexity index is 2220. The lowest BCUT2D eigenvalue weighted by atomic mass is 9.49. The Morgan fingerprint density at radius 3 is 2.12 bits per heavy atom. The van der Waals surface area contributed by atoms with E-state index in [1.165, 1.54) is 0 Å². The largest absolute Gasteiger partial charge is 0.489 e. The van der Waals surface area contributed by atoms with E-state index in [0.29, 0.717) is 38.9 Å². The number of carbonyl (C=O) groups is 5. The summed E-state index contributed by atoms with van der Waals surface area (Å²) in [7, 11) is 0. The second-order valence-electron chi connectivity index (χ2n) is 17.7. The number of ether oxygens (including phenoxy) is 1. The molecular formula is C45H50ClN7O6. The minimum atomic E-state index is -0.975. The van der Waals surface area contributed by atoms with E-state index in [9.17, 15) is 29.2 Å². The molecule has 4 fully saturated rings. The van der Waals surface area contributed by atoms with Crippen LogP contribution < -0.4 is 25.2 Å². The van der Waals surface area contributed by atoms with Crippen molar-refractivity contribution in [3.63, 3.8) is 0 Å². The Morgan fingerprint density at radius 2 is 1.47 bits per heavy atom. The standard InChI is InChI=1S/C45H50ClN7O6/c1-44(2)42(45(3,4)43(44)59-32-11-7-29(25-47)35(46)24-32)49-38(55)28-5-8-30(9-6-28)51-17-15-27(16-18-51)26-50-19-21-52(22-20-50)31-10-12-33-34(23-31)41(58)53(40(33)57)36-13-14-37(54)48-39(36)56/h5-12,23-24,27,36,42-43H,13-22,26H2,1-4H3,(H,49,55)(H,48,54,56). The monoisotopic (exact) mass is 819 g/mol. The molecule has 1 unspecified atom stereocenters. The van der Waals surface area contributed by atoms with Gasteiger partial charge in [-0.3, -0.25) is 39.1 Å². The quantitative estimate of drug-likeness (QED) is 0.273. The van der Waals surface area contributed by atoms with Gasteiger partial charge in [0.1, 0.15) is 24.0 Å². The molecule has 5 amide bonds. The second-order valence-corrected chi connectivity index (χ2v) is 18.1. The number of anilines is 2. The van der Waals surface area contributed by atoms with E-state index in [-0.39, 0.29) is 41.7 Å².